The van der Waals surface area contributed by atoms with E-state index in [-0.39, 0.29) is 116 Å². The smallest absolute Gasteiger partial charge is 0.342 e. The molecule has 16 nitrogen and oxygen atoms in total. The molecule has 0 saturated heterocycles. The van der Waals surface area contributed by atoms with Gasteiger partial charge in [-0.2, -0.15) is 0 Å². The Morgan fingerprint density at radius 2 is 1.02 bits per heavy atom. The number of carbonyl (C=O) groups excluding carboxylic acids is 5. The number of aromatic amines is 1. The van der Waals surface area contributed by atoms with Crippen LogP contribution in [0.2, 0.25) is 0 Å². The zero-order valence-corrected chi connectivity index (χ0v) is 64.6. The monoisotopic (exact) mass is 1340 g/mol. The van der Waals surface area contributed by atoms with Crippen LogP contribution in [0.25, 0.3) is 6.08 Å². The minimum atomic E-state index is -0.986. The highest BCUT2D eigenvalue weighted by molar-refractivity contribution is 8.01. The Morgan fingerprint density at radius 3 is 1.40 bits per heavy atom. The lowest BCUT2D eigenvalue weighted by atomic mass is 9.58. The molecule has 538 valence electrons. The minimum absolute atomic E-state index is 0.0327. The predicted octanol–water partition coefficient (Wildman–Crippen LogP) is 17.4. The first kappa shape index (κ1) is 82.4. The number of anilines is 1. The van der Waals surface area contributed by atoms with Gasteiger partial charge in [-0.25, -0.2) is 14.6 Å². The zero-order chi connectivity index (χ0) is 71.1. The number of methoxy groups -OCH3 is 2. The summed E-state index contributed by atoms with van der Waals surface area (Å²) in [7, 11) is 3.40. The average molecular weight is 1340 g/mol. The van der Waals surface area contributed by atoms with Crippen molar-refractivity contribution in [1.82, 2.24) is 10.3 Å². The van der Waals surface area contributed by atoms with Crippen LogP contribution in [0.1, 0.15) is 271 Å². The zero-order valence-electron chi connectivity index (χ0n) is 63.7. The van der Waals surface area contributed by atoms with E-state index in [9.17, 15) is 9.59 Å². The number of ether oxygens (including phenoxy) is 7. The molecule has 2 saturated carbocycles. The third-order valence-corrected chi connectivity index (χ3v) is 23.1. The SMILES string of the molecule is CCC(C)(C)C(=O)OCCSC(CC)(CC)C(=O)Nc1[nH]c(C=C2N=C(NC(=O)C(CC)(CC)CC)C(C(=O)OC3C(C(C)(C)C)CC(COCCCOC)CC3C(C)(C)C)=C2C(C)C)c(C(C)C)c1C(=O)OC1C(C(C)(C)C)CC(COCCCOC)CC1C(C)(C)C. The number of thioether (sulfide) groups is 1. The van der Waals surface area contributed by atoms with Crippen molar-refractivity contribution < 1.29 is 57.1 Å². The molecule has 3 aliphatic rings. The van der Waals surface area contributed by atoms with Gasteiger partial charge in [0.2, 0.25) is 11.8 Å². The number of H-pyrrole nitrogens is 1. The molecular weight excluding hydrogens is 1200 g/mol. The summed E-state index contributed by atoms with van der Waals surface area (Å²) in [4.78, 5) is 84.3. The number of amidine groups is 1. The van der Waals surface area contributed by atoms with Crippen LogP contribution in [-0.4, -0.2) is 124 Å². The number of aliphatic imine (C=N–C) groups is 1. The fourth-order valence-corrected chi connectivity index (χ4v) is 15.8. The Balaban J connectivity index is 2.06. The molecule has 17 heteroatoms. The lowest BCUT2D eigenvalue weighted by Crippen LogP contribution is -2.51. The first-order chi connectivity index (χ1) is 43.7. The molecule has 1 aromatic rings. The standard InChI is InChI=1S/C77H132N4O12S/c1-27-75(23,24)70(86)91-39-40-94-77(31-5,32-6)69(85)81-65-61(67(83)93-63-54(73(17,18)19)43-51(44-55(63)74(20,21)22)47-90-38-34-36-88-26)59(49(9)10)57(79-65)45-56-58(48(7)8)60(64(78-56)80-68(84)76(28-2,29-3)30-4)66(82)92-62-52(71(11,12)13)41-50(42-53(62)72(14,15)16)46-89-37-33-35-87-25/h45,48-55,62-63,79H,27-44,46-47H2,1-26H3,(H,81,85)(H,78,80,84). The van der Waals surface area contributed by atoms with Crippen molar-refractivity contribution in [2.24, 2.45) is 78.9 Å². The minimum Gasteiger partial charge on any atom is -0.464 e. The number of hydrogen-bond acceptors (Lipinski definition) is 14. The molecule has 3 N–H and O–H groups in total. The van der Waals surface area contributed by atoms with Crippen molar-refractivity contribution in [3.05, 3.63) is 33.7 Å². The number of nitrogens with zero attached hydrogens (tertiary/aromatic N) is 1. The van der Waals surface area contributed by atoms with E-state index >= 15 is 14.4 Å². The fourth-order valence-electron chi connectivity index (χ4n) is 14.6. The van der Waals surface area contributed by atoms with Crippen LogP contribution in [-0.2, 0) is 52.3 Å². The van der Waals surface area contributed by atoms with Gasteiger partial charge >= 0.3 is 17.9 Å². The Labute approximate surface area is 574 Å². The van der Waals surface area contributed by atoms with Gasteiger partial charge < -0.3 is 48.8 Å². The summed E-state index contributed by atoms with van der Waals surface area (Å²) in [6, 6.07) is 0. The Morgan fingerprint density at radius 1 is 0.574 bits per heavy atom. The van der Waals surface area contributed by atoms with Crippen LogP contribution in [0.4, 0.5) is 5.82 Å². The second-order valence-corrected chi connectivity index (χ2v) is 34.6. The van der Waals surface area contributed by atoms with Crippen molar-refractivity contribution in [2.45, 2.75) is 266 Å². The molecule has 2 fully saturated rings. The molecule has 2 amide bonds. The number of esters is 3. The summed E-state index contributed by atoms with van der Waals surface area (Å²) in [5, 5.41) is 6.52. The number of allylic oxidation sites excluding steroid dienone is 1. The second kappa shape index (κ2) is 35.1. The van der Waals surface area contributed by atoms with Gasteiger partial charge in [0, 0.05) is 94.4 Å². The quantitative estimate of drug-likeness (QED) is 0.0341. The lowest BCUT2D eigenvalue weighted by Gasteiger charge is -2.50. The number of amides is 2. The topological polar surface area (TPSA) is 202 Å². The first-order valence-electron chi connectivity index (χ1n) is 36.0. The lowest BCUT2D eigenvalue weighted by molar-refractivity contribution is -0.166. The molecule has 2 aliphatic carbocycles. The van der Waals surface area contributed by atoms with E-state index in [1.165, 1.54) is 11.8 Å². The van der Waals surface area contributed by atoms with Crippen molar-refractivity contribution in [3.63, 3.8) is 0 Å². The molecule has 94 heavy (non-hydrogen) atoms. The Bertz CT molecular complexity index is 2680. The summed E-state index contributed by atoms with van der Waals surface area (Å²) in [6.07, 6.45) is 8.95. The Kier molecular flexibility index (Phi) is 30.8. The van der Waals surface area contributed by atoms with E-state index in [1.54, 1.807) is 14.2 Å². The van der Waals surface area contributed by atoms with E-state index < -0.39 is 39.7 Å². The van der Waals surface area contributed by atoms with Gasteiger partial charge in [-0.15, -0.1) is 11.8 Å². The third kappa shape index (κ3) is 21.0. The molecule has 0 radical (unpaired) electrons. The van der Waals surface area contributed by atoms with E-state index in [2.05, 4.69) is 98.7 Å². The first-order valence-corrected chi connectivity index (χ1v) is 37.0. The predicted molar refractivity (Wildman–Crippen MR) is 384 cm³/mol. The van der Waals surface area contributed by atoms with Crippen LogP contribution in [0.3, 0.4) is 0 Å². The number of aromatic nitrogens is 1. The highest BCUT2D eigenvalue weighted by atomic mass is 32.2. The summed E-state index contributed by atoms with van der Waals surface area (Å²) < 4.78 is 42.2. The van der Waals surface area contributed by atoms with Crippen molar-refractivity contribution in [1.29, 1.82) is 0 Å². The van der Waals surface area contributed by atoms with Gasteiger partial charge in [-0.3, -0.25) is 14.4 Å². The number of carbonyl (C=O) groups is 5. The summed E-state index contributed by atoms with van der Waals surface area (Å²) in [5.41, 5.74) is 0.0796. The van der Waals surface area contributed by atoms with Gasteiger partial charge in [-0.1, -0.05) is 152 Å². The normalized spacial score (nSPS) is 22.5. The molecular formula is C77H132N4O12S. The molecule has 4 atom stereocenters. The fraction of sp³-hybridized carbons (Fsp3) is 0.818. The van der Waals surface area contributed by atoms with E-state index in [1.807, 2.05) is 89.2 Å². The van der Waals surface area contributed by atoms with Gasteiger partial charge in [0.1, 0.15) is 41.6 Å². The van der Waals surface area contributed by atoms with Crippen molar-refractivity contribution in [2.75, 3.05) is 71.5 Å². The van der Waals surface area contributed by atoms with Crippen LogP contribution < -0.4 is 10.6 Å². The van der Waals surface area contributed by atoms with Gasteiger partial charge in [0.25, 0.3) is 0 Å². The van der Waals surface area contributed by atoms with E-state index in [0.29, 0.717) is 106 Å². The molecule has 4 unspecified atom stereocenters. The molecule has 1 aliphatic heterocycles. The molecule has 4 rings (SSSR count). The number of hydrogen-bond donors (Lipinski definition) is 3. The summed E-state index contributed by atoms with van der Waals surface area (Å²) in [5.74, 6) is -1.57. The molecule has 0 aromatic carbocycles. The van der Waals surface area contributed by atoms with Gasteiger partial charge in [0.05, 0.1) is 15.9 Å². The summed E-state index contributed by atoms with van der Waals surface area (Å²) >= 11 is 1.44. The highest BCUT2D eigenvalue weighted by Gasteiger charge is 2.52. The number of nitrogens with one attached hydrogen (secondary N) is 3. The van der Waals surface area contributed by atoms with Crippen molar-refractivity contribution in [3.8, 4) is 0 Å². The molecule has 2 heterocycles. The van der Waals surface area contributed by atoms with E-state index in [4.69, 9.17) is 38.2 Å². The van der Waals surface area contributed by atoms with Gasteiger partial charge in [-0.05, 0) is 153 Å². The van der Waals surface area contributed by atoms with Gasteiger partial charge in [0.15, 0.2) is 0 Å². The summed E-state index contributed by atoms with van der Waals surface area (Å²) in [6.45, 7) is 54.3. The highest BCUT2D eigenvalue weighted by Crippen LogP contribution is 2.53. The van der Waals surface area contributed by atoms with Crippen LogP contribution >= 0.6 is 11.8 Å². The molecule has 0 bridgehead atoms. The average Bonchev–Trinajstić information content (AvgIpc) is 1.46. The maximum Gasteiger partial charge on any atom is 0.342 e. The second-order valence-electron chi connectivity index (χ2n) is 33.1. The Hall–Kier alpha value is -4.03. The molecule has 0 spiro atoms. The maximum atomic E-state index is 16.1. The third-order valence-electron chi connectivity index (χ3n) is 21.4. The molecule has 1 aromatic heterocycles. The number of rotatable bonds is 33. The van der Waals surface area contributed by atoms with E-state index in [0.717, 1.165) is 38.5 Å². The van der Waals surface area contributed by atoms with Crippen LogP contribution in [0.5, 0.6) is 0 Å². The van der Waals surface area contributed by atoms with Crippen LogP contribution in [0.15, 0.2) is 21.8 Å². The van der Waals surface area contributed by atoms with Crippen LogP contribution in [0, 0.1) is 73.9 Å². The maximum absolute atomic E-state index is 16.1. The van der Waals surface area contributed by atoms with Crippen molar-refractivity contribution >= 4 is 59.2 Å². The largest absolute Gasteiger partial charge is 0.464 e.